The van der Waals surface area contributed by atoms with Crippen LogP contribution >= 0.6 is 0 Å². The van der Waals surface area contributed by atoms with Crippen molar-refractivity contribution in [2.24, 2.45) is 13.0 Å². The predicted octanol–water partition coefficient (Wildman–Crippen LogP) is 2.11. The Morgan fingerprint density at radius 2 is 1.90 bits per heavy atom. The molecule has 3 nitrogen and oxygen atoms in total. The molecular formula is C17H21N3+2. The molecule has 3 heteroatoms. The summed E-state index contributed by atoms with van der Waals surface area (Å²) < 4.78 is 6.50. The van der Waals surface area contributed by atoms with Crippen molar-refractivity contribution in [2.45, 2.75) is 20.0 Å². The summed E-state index contributed by atoms with van der Waals surface area (Å²) in [6.07, 6.45) is 12.9. The third-order valence-electron chi connectivity index (χ3n) is 3.58. The van der Waals surface area contributed by atoms with E-state index in [0.717, 1.165) is 13.1 Å². The van der Waals surface area contributed by atoms with Gasteiger partial charge in [0.15, 0.2) is 19.0 Å². The molecule has 1 aliphatic rings. The maximum absolute atomic E-state index is 2.26. The Hall–Kier alpha value is -2.16. The molecule has 2 heterocycles. The van der Waals surface area contributed by atoms with Gasteiger partial charge >= 0.3 is 0 Å². The van der Waals surface area contributed by atoms with Gasteiger partial charge in [0.05, 0.1) is 13.0 Å². The Bertz CT molecular complexity index is 647. The number of imidazole rings is 1. The lowest BCUT2D eigenvalue weighted by Crippen LogP contribution is -2.23. The molecule has 0 amide bonds. The van der Waals surface area contributed by atoms with E-state index in [0.29, 0.717) is 5.92 Å². The number of rotatable bonds is 4. The zero-order chi connectivity index (χ0) is 13.9. The minimum atomic E-state index is 0.559. The number of nitrogens with zero attached hydrogens (tertiary/aromatic N) is 3. The molecule has 0 spiro atoms. The van der Waals surface area contributed by atoms with Crippen LogP contribution < -0.4 is 4.57 Å². The Morgan fingerprint density at radius 1 is 1.15 bits per heavy atom. The zero-order valence-corrected chi connectivity index (χ0v) is 12.1. The molecule has 1 unspecified atom stereocenters. The van der Waals surface area contributed by atoms with Crippen LogP contribution in [0.2, 0.25) is 0 Å². The van der Waals surface area contributed by atoms with E-state index in [-0.39, 0.29) is 0 Å². The molecular weight excluding hydrogens is 246 g/mol. The van der Waals surface area contributed by atoms with Crippen molar-refractivity contribution in [1.82, 2.24) is 4.57 Å². The average Bonchev–Trinajstić information content (AvgIpc) is 3.01. The van der Waals surface area contributed by atoms with Crippen molar-refractivity contribution >= 4 is 6.21 Å². The molecule has 1 aliphatic heterocycles. The molecule has 102 valence electrons. The van der Waals surface area contributed by atoms with Gasteiger partial charge in [0, 0.05) is 5.56 Å². The molecule has 0 aliphatic carbocycles. The lowest BCUT2D eigenvalue weighted by Gasteiger charge is -2.01. The van der Waals surface area contributed by atoms with Crippen molar-refractivity contribution < 1.29 is 9.14 Å². The van der Waals surface area contributed by atoms with Crippen LogP contribution in [-0.2, 0) is 20.1 Å². The minimum absolute atomic E-state index is 0.559. The number of hydrogen-bond donors (Lipinski definition) is 0. The summed E-state index contributed by atoms with van der Waals surface area (Å²) in [5.74, 6) is 0.559. The van der Waals surface area contributed by atoms with E-state index < -0.39 is 0 Å². The first-order valence-electron chi connectivity index (χ1n) is 7.07. The molecule has 20 heavy (non-hydrogen) atoms. The van der Waals surface area contributed by atoms with Crippen LogP contribution in [0, 0.1) is 5.92 Å². The van der Waals surface area contributed by atoms with Gasteiger partial charge < -0.3 is 0 Å². The van der Waals surface area contributed by atoms with Gasteiger partial charge in [-0.25, -0.2) is 13.7 Å². The fourth-order valence-corrected chi connectivity index (χ4v) is 2.52. The standard InChI is InChI=1S/C17H21N3/c1-15-7-8-19(11-15)12-16-3-5-17(6-4-16)13-20-10-9-18(2)14-20/h3-11,14-15H,12-13H2,1-2H3/q+2. The molecule has 0 fully saturated rings. The monoisotopic (exact) mass is 267 g/mol. The second kappa shape index (κ2) is 5.45. The van der Waals surface area contributed by atoms with Gasteiger partial charge in [0.2, 0.25) is 6.33 Å². The normalized spacial score (nSPS) is 17.5. The van der Waals surface area contributed by atoms with Crippen LogP contribution in [0.1, 0.15) is 18.1 Å². The van der Waals surface area contributed by atoms with Crippen LogP contribution in [0.3, 0.4) is 0 Å². The summed E-state index contributed by atoms with van der Waals surface area (Å²) in [4.78, 5) is 0. The summed E-state index contributed by atoms with van der Waals surface area (Å²) >= 11 is 0. The fourth-order valence-electron chi connectivity index (χ4n) is 2.52. The van der Waals surface area contributed by atoms with E-state index in [1.165, 1.54) is 11.1 Å². The van der Waals surface area contributed by atoms with Gasteiger partial charge in [0.1, 0.15) is 18.9 Å². The number of aryl methyl sites for hydroxylation is 1. The SMILES string of the molecule is CC1C=C[N+](Cc2ccc(Cn3cc[n+](C)c3)cc2)=C1. The first kappa shape index (κ1) is 12.9. The van der Waals surface area contributed by atoms with E-state index in [2.05, 4.69) is 82.1 Å². The van der Waals surface area contributed by atoms with Crippen molar-refractivity contribution in [3.05, 3.63) is 66.4 Å². The highest BCUT2D eigenvalue weighted by Crippen LogP contribution is 2.10. The van der Waals surface area contributed by atoms with Gasteiger partial charge in [0.25, 0.3) is 0 Å². The first-order valence-corrected chi connectivity index (χ1v) is 7.07. The number of hydrogen-bond acceptors (Lipinski definition) is 0. The van der Waals surface area contributed by atoms with Gasteiger partial charge in [-0.2, -0.15) is 0 Å². The Labute approximate surface area is 120 Å². The highest BCUT2D eigenvalue weighted by Gasteiger charge is 2.12. The van der Waals surface area contributed by atoms with Crippen LogP contribution in [0.5, 0.6) is 0 Å². The van der Waals surface area contributed by atoms with Crippen molar-refractivity contribution in [3.8, 4) is 0 Å². The summed E-state index contributed by atoms with van der Waals surface area (Å²) in [7, 11) is 2.04. The Balaban J connectivity index is 1.65. The molecule has 0 radical (unpaired) electrons. The summed E-state index contributed by atoms with van der Waals surface area (Å²) in [5, 5.41) is 0. The Kier molecular flexibility index (Phi) is 3.50. The lowest BCUT2D eigenvalue weighted by atomic mass is 10.1. The molecule has 0 bridgehead atoms. The van der Waals surface area contributed by atoms with E-state index in [1.54, 1.807) is 0 Å². The van der Waals surface area contributed by atoms with E-state index in [9.17, 15) is 0 Å². The number of allylic oxidation sites excluding steroid dienone is 1. The second-order valence-corrected chi connectivity index (χ2v) is 5.59. The highest BCUT2D eigenvalue weighted by atomic mass is 15.1. The van der Waals surface area contributed by atoms with E-state index >= 15 is 0 Å². The van der Waals surface area contributed by atoms with Crippen LogP contribution in [0.15, 0.2) is 55.3 Å². The zero-order valence-electron chi connectivity index (χ0n) is 12.1. The average molecular weight is 267 g/mol. The fraction of sp³-hybridized carbons (Fsp3) is 0.294. The topological polar surface area (TPSA) is 11.8 Å². The maximum atomic E-state index is 2.26. The summed E-state index contributed by atoms with van der Waals surface area (Å²) in [6.45, 7) is 4.09. The molecule has 1 atom stereocenters. The number of aromatic nitrogens is 2. The van der Waals surface area contributed by atoms with Crippen molar-refractivity contribution in [3.63, 3.8) is 0 Å². The minimum Gasteiger partial charge on any atom is -0.240 e. The van der Waals surface area contributed by atoms with Crippen LogP contribution in [0.25, 0.3) is 0 Å². The summed E-state index contributed by atoms with van der Waals surface area (Å²) in [6, 6.07) is 8.89. The molecule has 1 aromatic heterocycles. The molecule has 0 saturated heterocycles. The Morgan fingerprint density at radius 3 is 2.50 bits per heavy atom. The van der Waals surface area contributed by atoms with E-state index in [4.69, 9.17) is 0 Å². The van der Waals surface area contributed by atoms with Crippen molar-refractivity contribution in [1.29, 1.82) is 0 Å². The molecule has 1 aromatic carbocycles. The quantitative estimate of drug-likeness (QED) is 0.752. The number of benzene rings is 1. The third kappa shape index (κ3) is 3.05. The van der Waals surface area contributed by atoms with Crippen molar-refractivity contribution in [2.75, 3.05) is 0 Å². The van der Waals surface area contributed by atoms with Gasteiger partial charge in [-0.05, 0) is 18.6 Å². The van der Waals surface area contributed by atoms with Crippen LogP contribution in [-0.4, -0.2) is 15.4 Å². The lowest BCUT2D eigenvalue weighted by molar-refractivity contribution is -0.671. The largest absolute Gasteiger partial charge is 0.243 e. The highest BCUT2D eigenvalue weighted by molar-refractivity contribution is 5.59. The van der Waals surface area contributed by atoms with Gasteiger partial charge in [-0.1, -0.05) is 24.3 Å². The molecule has 0 N–H and O–H groups in total. The molecule has 3 rings (SSSR count). The first-order chi connectivity index (χ1) is 9.69. The van der Waals surface area contributed by atoms with Gasteiger partial charge in [-0.15, -0.1) is 0 Å². The maximum Gasteiger partial charge on any atom is 0.243 e. The second-order valence-electron chi connectivity index (χ2n) is 5.59. The van der Waals surface area contributed by atoms with Gasteiger partial charge in [-0.3, -0.25) is 0 Å². The van der Waals surface area contributed by atoms with E-state index in [1.807, 2.05) is 7.05 Å². The molecule has 2 aromatic rings. The smallest absolute Gasteiger partial charge is 0.240 e. The van der Waals surface area contributed by atoms with Crippen LogP contribution in [0.4, 0.5) is 0 Å². The molecule has 0 saturated carbocycles. The third-order valence-corrected chi connectivity index (χ3v) is 3.58. The summed E-state index contributed by atoms with van der Waals surface area (Å²) in [5.41, 5.74) is 2.68. The predicted molar refractivity (Wildman–Crippen MR) is 79.5 cm³/mol.